The first-order valence-corrected chi connectivity index (χ1v) is 11.7. The van der Waals surface area contributed by atoms with Gasteiger partial charge in [-0.1, -0.05) is 50.1 Å². The Bertz CT molecular complexity index is 965. The molecule has 3 rings (SSSR count). The largest absolute Gasteiger partial charge is 0.383 e. The summed E-state index contributed by atoms with van der Waals surface area (Å²) < 4.78 is 6.75. The molecule has 8 heteroatoms. The molecule has 0 aliphatic heterocycles. The lowest BCUT2D eigenvalue weighted by Crippen LogP contribution is -2.46. The van der Waals surface area contributed by atoms with Crippen LogP contribution >= 0.6 is 23.4 Å². The number of hydrogen-bond acceptors (Lipinski definition) is 5. The molecule has 0 spiro atoms. The highest BCUT2D eigenvalue weighted by Crippen LogP contribution is 2.30. The monoisotopic (exact) mass is 451 g/mol. The average molecular weight is 452 g/mol. The summed E-state index contributed by atoms with van der Waals surface area (Å²) in [6, 6.07) is 5.25. The van der Waals surface area contributed by atoms with E-state index >= 15 is 0 Å². The number of carbonyl (C=O) groups is 1. The number of methoxy groups -OCH3 is 1. The molecule has 1 fully saturated rings. The van der Waals surface area contributed by atoms with E-state index in [1.54, 1.807) is 29.9 Å². The molecule has 1 heterocycles. The van der Waals surface area contributed by atoms with Crippen LogP contribution in [0.3, 0.4) is 0 Å². The number of halogens is 1. The van der Waals surface area contributed by atoms with E-state index in [1.807, 2.05) is 6.92 Å². The molecule has 0 saturated heterocycles. The minimum absolute atomic E-state index is 0.0234. The number of amides is 1. The van der Waals surface area contributed by atoms with Crippen molar-refractivity contribution in [1.82, 2.24) is 14.9 Å². The summed E-state index contributed by atoms with van der Waals surface area (Å²) >= 11 is 7.39. The van der Waals surface area contributed by atoms with Gasteiger partial charge in [0.05, 0.1) is 29.3 Å². The third-order valence-corrected chi connectivity index (χ3v) is 7.41. The smallest absolute Gasteiger partial charge is 0.262 e. The molecule has 6 nitrogen and oxygen atoms in total. The number of ether oxygens (including phenoxy) is 1. The molecule has 164 valence electrons. The van der Waals surface area contributed by atoms with Crippen molar-refractivity contribution < 1.29 is 9.53 Å². The highest BCUT2D eigenvalue weighted by molar-refractivity contribution is 8.00. The van der Waals surface area contributed by atoms with Gasteiger partial charge in [0.2, 0.25) is 5.91 Å². The maximum absolute atomic E-state index is 13.0. The van der Waals surface area contributed by atoms with Crippen molar-refractivity contribution in [2.45, 2.75) is 63.0 Å². The zero-order chi connectivity index (χ0) is 21.8. The van der Waals surface area contributed by atoms with Gasteiger partial charge in [0, 0.05) is 18.2 Å². The van der Waals surface area contributed by atoms with Gasteiger partial charge in [0.25, 0.3) is 5.56 Å². The Morgan fingerprint density at radius 2 is 2.17 bits per heavy atom. The molecule has 1 aliphatic carbocycles. The van der Waals surface area contributed by atoms with Crippen molar-refractivity contribution in [3.8, 4) is 0 Å². The van der Waals surface area contributed by atoms with E-state index < -0.39 is 0 Å². The van der Waals surface area contributed by atoms with Gasteiger partial charge in [0.15, 0.2) is 5.16 Å². The molecule has 2 aromatic rings. The number of carbonyl (C=O) groups excluding carboxylic acids is 1. The lowest BCUT2D eigenvalue weighted by Gasteiger charge is -2.35. The van der Waals surface area contributed by atoms with Crippen molar-refractivity contribution in [1.29, 1.82) is 0 Å². The van der Waals surface area contributed by atoms with Crippen LogP contribution in [0.2, 0.25) is 5.02 Å². The molecule has 0 bridgehead atoms. The molecule has 1 aromatic heterocycles. The number of thioether (sulfide) groups is 1. The van der Waals surface area contributed by atoms with E-state index in [0.29, 0.717) is 46.1 Å². The number of nitrogens with one attached hydrogen (secondary N) is 1. The van der Waals surface area contributed by atoms with Gasteiger partial charge < -0.3 is 10.1 Å². The molecule has 4 unspecified atom stereocenters. The summed E-state index contributed by atoms with van der Waals surface area (Å²) in [5.74, 6) is 1.04. The minimum Gasteiger partial charge on any atom is -0.383 e. The zero-order valence-corrected chi connectivity index (χ0v) is 19.6. The third-order valence-electron chi connectivity index (χ3n) is 6.09. The van der Waals surface area contributed by atoms with Gasteiger partial charge in [-0.15, -0.1) is 0 Å². The van der Waals surface area contributed by atoms with Crippen LogP contribution in [-0.4, -0.2) is 40.5 Å². The van der Waals surface area contributed by atoms with E-state index in [0.717, 1.165) is 12.8 Å². The Balaban J connectivity index is 1.83. The normalized spacial score (nSPS) is 22.8. The second kappa shape index (κ2) is 10.2. The van der Waals surface area contributed by atoms with Gasteiger partial charge in [-0.2, -0.15) is 0 Å². The van der Waals surface area contributed by atoms with Crippen molar-refractivity contribution in [2.75, 3.05) is 13.7 Å². The maximum Gasteiger partial charge on any atom is 0.262 e. The molecular formula is C22H30ClN3O3S. The number of rotatable bonds is 7. The first-order valence-electron chi connectivity index (χ1n) is 10.5. The standard InChI is InChI=1S/C22H30ClN3O3S/c1-13-6-5-7-18(14(13)2)24-20(27)15(3)30-22-25-19-12-16(23)8-9-17(19)21(28)26(22)10-11-29-4/h8-9,12-15,18H,5-7,10-11H2,1-4H3,(H,24,27). The summed E-state index contributed by atoms with van der Waals surface area (Å²) in [4.78, 5) is 30.6. The fourth-order valence-electron chi connectivity index (χ4n) is 3.94. The molecule has 30 heavy (non-hydrogen) atoms. The zero-order valence-electron chi connectivity index (χ0n) is 18.0. The predicted molar refractivity (Wildman–Crippen MR) is 122 cm³/mol. The number of aromatic nitrogens is 2. The average Bonchev–Trinajstić information content (AvgIpc) is 2.71. The Labute approximate surface area is 186 Å². The molecule has 0 radical (unpaired) electrons. The molecule has 1 amide bonds. The van der Waals surface area contributed by atoms with Crippen molar-refractivity contribution in [3.05, 3.63) is 33.6 Å². The summed E-state index contributed by atoms with van der Waals surface area (Å²) in [5.41, 5.74) is 0.379. The maximum atomic E-state index is 13.0. The fourth-order valence-corrected chi connectivity index (χ4v) is 5.05. The second-order valence-electron chi connectivity index (χ2n) is 8.15. The topological polar surface area (TPSA) is 73.2 Å². The molecule has 4 atom stereocenters. The van der Waals surface area contributed by atoms with E-state index in [1.165, 1.54) is 18.2 Å². The Morgan fingerprint density at radius 1 is 1.40 bits per heavy atom. The van der Waals surface area contributed by atoms with Crippen molar-refractivity contribution in [3.63, 3.8) is 0 Å². The summed E-state index contributed by atoms with van der Waals surface area (Å²) in [6.07, 6.45) is 3.37. The second-order valence-corrected chi connectivity index (χ2v) is 9.89. The number of benzene rings is 1. The quantitative estimate of drug-likeness (QED) is 0.506. The molecule has 1 N–H and O–H groups in total. The highest BCUT2D eigenvalue weighted by atomic mass is 35.5. The van der Waals surface area contributed by atoms with Crippen LogP contribution in [0.4, 0.5) is 0 Å². The van der Waals surface area contributed by atoms with Crippen LogP contribution in [0.15, 0.2) is 28.2 Å². The Hall–Kier alpha value is -1.57. The van der Waals surface area contributed by atoms with Gasteiger partial charge in [0.1, 0.15) is 0 Å². The van der Waals surface area contributed by atoms with Crippen LogP contribution in [0.1, 0.15) is 40.0 Å². The number of nitrogens with zero attached hydrogens (tertiary/aromatic N) is 2. The van der Waals surface area contributed by atoms with Crippen LogP contribution in [0.5, 0.6) is 0 Å². The Kier molecular flexibility index (Phi) is 7.82. The summed E-state index contributed by atoms with van der Waals surface area (Å²) in [5, 5.41) is 4.36. The minimum atomic E-state index is -0.383. The highest BCUT2D eigenvalue weighted by Gasteiger charge is 2.30. The molecule has 1 saturated carbocycles. The van der Waals surface area contributed by atoms with E-state index in [2.05, 4.69) is 24.1 Å². The summed E-state index contributed by atoms with van der Waals surface area (Å²) in [6.45, 7) is 7.07. The van der Waals surface area contributed by atoms with Crippen LogP contribution in [0, 0.1) is 11.8 Å². The third kappa shape index (κ3) is 5.18. The SMILES string of the molecule is COCCn1c(SC(C)C(=O)NC2CCCC(C)C2C)nc2cc(Cl)ccc2c1=O. The Morgan fingerprint density at radius 3 is 2.90 bits per heavy atom. The number of hydrogen-bond donors (Lipinski definition) is 1. The van der Waals surface area contributed by atoms with Crippen molar-refractivity contribution >= 4 is 40.2 Å². The van der Waals surface area contributed by atoms with E-state index in [4.69, 9.17) is 16.3 Å². The lowest BCUT2D eigenvalue weighted by atomic mass is 9.78. The molecule has 1 aliphatic rings. The van der Waals surface area contributed by atoms with E-state index in [-0.39, 0.29) is 22.8 Å². The van der Waals surface area contributed by atoms with E-state index in [9.17, 15) is 9.59 Å². The first kappa shape index (κ1) is 23.1. The van der Waals surface area contributed by atoms with Crippen LogP contribution in [0.25, 0.3) is 10.9 Å². The fraction of sp³-hybridized carbons (Fsp3) is 0.591. The first-order chi connectivity index (χ1) is 14.3. The van der Waals surface area contributed by atoms with Crippen molar-refractivity contribution in [2.24, 2.45) is 11.8 Å². The summed E-state index contributed by atoms with van der Waals surface area (Å²) in [7, 11) is 1.59. The van der Waals surface area contributed by atoms with Gasteiger partial charge in [-0.05, 0) is 43.4 Å². The lowest BCUT2D eigenvalue weighted by molar-refractivity contribution is -0.121. The molecular weight excluding hydrogens is 422 g/mol. The van der Waals surface area contributed by atoms with Crippen LogP contribution in [-0.2, 0) is 16.1 Å². The van der Waals surface area contributed by atoms with Gasteiger partial charge in [-0.3, -0.25) is 14.2 Å². The van der Waals surface area contributed by atoms with Gasteiger partial charge in [-0.25, -0.2) is 4.98 Å². The molecule has 1 aromatic carbocycles. The van der Waals surface area contributed by atoms with Crippen LogP contribution < -0.4 is 10.9 Å². The predicted octanol–water partition coefficient (Wildman–Crippen LogP) is 4.12. The number of fused-ring (bicyclic) bond motifs is 1. The van der Waals surface area contributed by atoms with Gasteiger partial charge >= 0.3 is 0 Å².